The van der Waals surface area contributed by atoms with Crippen LogP contribution in [-0.4, -0.2) is 32.4 Å². The highest BCUT2D eigenvalue weighted by Crippen LogP contribution is 2.32. The lowest BCUT2D eigenvalue weighted by molar-refractivity contribution is 0.174. The zero-order valence-electron chi connectivity index (χ0n) is 14.5. The number of aliphatic imine (C=N–C) groups is 1. The molecule has 0 saturated heterocycles. The average molecular weight is 467 g/mol. The standard InChI is InChI=1S/C19H21N3O3.HI/c1-20-19(21-10-13-6-7-17-18(8-13)24-12-23-17)22-11-15-9-14-4-2-3-5-16(14)25-15;/h2-8,15H,9-12H2,1H3,(H2,20,21,22);1H. The molecule has 2 N–H and O–H groups in total. The summed E-state index contributed by atoms with van der Waals surface area (Å²) in [7, 11) is 1.76. The van der Waals surface area contributed by atoms with Gasteiger partial charge in [-0.1, -0.05) is 24.3 Å². The Morgan fingerprint density at radius 2 is 1.92 bits per heavy atom. The van der Waals surface area contributed by atoms with Crippen LogP contribution in [-0.2, 0) is 13.0 Å². The largest absolute Gasteiger partial charge is 0.488 e. The van der Waals surface area contributed by atoms with E-state index in [1.165, 1.54) is 5.56 Å². The van der Waals surface area contributed by atoms with Crippen LogP contribution in [0.5, 0.6) is 17.2 Å². The monoisotopic (exact) mass is 467 g/mol. The van der Waals surface area contributed by atoms with Crippen LogP contribution in [0.25, 0.3) is 0 Å². The average Bonchev–Trinajstić information content (AvgIpc) is 3.27. The Bertz CT molecular complexity index is 772. The second-order valence-corrected chi connectivity index (χ2v) is 6.05. The van der Waals surface area contributed by atoms with Crippen LogP contribution in [0.2, 0.25) is 0 Å². The molecule has 138 valence electrons. The van der Waals surface area contributed by atoms with E-state index in [1.54, 1.807) is 7.05 Å². The Balaban J connectivity index is 0.00000196. The summed E-state index contributed by atoms with van der Waals surface area (Å²) >= 11 is 0. The Kier molecular flexibility index (Phi) is 6.08. The number of halogens is 1. The quantitative estimate of drug-likeness (QED) is 0.412. The number of nitrogens with one attached hydrogen (secondary N) is 2. The number of fused-ring (bicyclic) bond motifs is 2. The fourth-order valence-corrected chi connectivity index (χ4v) is 3.04. The first kappa shape index (κ1) is 18.6. The Morgan fingerprint density at radius 1 is 1.08 bits per heavy atom. The molecular weight excluding hydrogens is 445 g/mol. The number of hydrogen-bond donors (Lipinski definition) is 2. The highest BCUT2D eigenvalue weighted by molar-refractivity contribution is 14.0. The van der Waals surface area contributed by atoms with Crippen LogP contribution in [0.15, 0.2) is 47.5 Å². The van der Waals surface area contributed by atoms with Crippen molar-refractivity contribution >= 4 is 29.9 Å². The predicted octanol–water partition coefficient (Wildman–Crippen LogP) is 2.70. The van der Waals surface area contributed by atoms with E-state index < -0.39 is 0 Å². The molecule has 26 heavy (non-hydrogen) atoms. The van der Waals surface area contributed by atoms with Gasteiger partial charge in [0.2, 0.25) is 6.79 Å². The fraction of sp³-hybridized carbons (Fsp3) is 0.316. The van der Waals surface area contributed by atoms with Crippen LogP contribution in [0.1, 0.15) is 11.1 Å². The van der Waals surface area contributed by atoms with Crippen molar-refractivity contribution in [3.05, 3.63) is 53.6 Å². The highest BCUT2D eigenvalue weighted by Gasteiger charge is 2.22. The van der Waals surface area contributed by atoms with Gasteiger partial charge in [0.05, 0.1) is 6.54 Å². The first-order valence-corrected chi connectivity index (χ1v) is 8.39. The third-order valence-corrected chi connectivity index (χ3v) is 4.33. The highest BCUT2D eigenvalue weighted by atomic mass is 127. The lowest BCUT2D eigenvalue weighted by Crippen LogP contribution is -2.41. The zero-order valence-corrected chi connectivity index (χ0v) is 16.9. The summed E-state index contributed by atoms with van der Waals surface area (Å²) in [6.07, 6.45) is 1.05. The first-order chi connectivity index (χ1) is 12.3. The number of benzene rings is 2. The normalized spacial score (nSPS) is 17.1. The van der Waals surface area contributed by atoms with Gasteiger partial charge >= 0.3 is 0 Å². The summed E-state index contributed by atoms with van der Waals surface area (Å²) in [6.45, 7) is 1.65. The minimum Gasteiger partial charge on any atom is -0.488 e. The Hall–Kier alpha value is -2.16. The van der Waals surface area contributed by atoms with Crippen molar-refractivity contribution in [1.29, 1.82) is 0 Å². The molecule has 0 aliphatic carbocycles. The van der Waals surface area contributed by atoms with Crippen LogP contribution in [0, 0.1) is 0 Å². The first-order valence-electron chi connectivity index (χ1n) is 8.39. The van der Waals surface area contributed by atoms with Gasteiger partial charge in [-0.15, -0.1) is 24.0 Å². The Morgan fingerprint density at radius 3 is 2.77 bits per heavy atom. The van der Waals surface area contributed by atoms with Gasteiger partial charge < -0.3 is 24.8 Å². The molecule has 4 rings (SSSR count). The summed E-state index contributed by atoms with van der Waals surface area (Å²) in [6, 6.07) is 14.1. The molecule has 0 aromatic heterocycles. The minimum absolute atomic E-state index is 0. The number of ether oxygens (including phenoxy) is 3. The molecule has 7 heteroatoms. The molecule has 0 bridgehead atoms. The molecular formula is C19H22IN3O3. The molecule has 2 aliphatic rings. The van der Waals surface area contributed by atoms with Gasteiger partial charge in [-0.2, -0.15) is 0 Å². The topological polar surface area (TPSA) is 64.1 Å². The van der Waals surface area contributed by atoms with E-state index >= 15 is 0 Å². The maximum Gasteiger partial charge on any atom is 0.231 e. The van der Waals surface area contributed by atoms with Crippen LogP contribution < -0.4 is 24.8 Å². The lowest BCUT2D eigenvalue weighted by atomic mass is 10.1. The van der Waals surface area contributed by atoms with Crippen LogP contribution in [0.3, 0.4) is 0 Å². The molecule has 0 radical (unpaired) electrons. The van der Waals surface area contributed by atoms with Gasteiger partial charge in [0, 0.05) is 20.0 Å². The van der Waals surface area contributed by atoms with E-state index in [0.29, 0.717) is 19.9 Å². The van der Waals surface area contributed by atoms with Crippen molar-refractivity contribution in [2.24, 2.45) is 4.99 Å². The van der Waals surface area contributed by atoms with Crippen molar-refractivity contribution in [2.75, 3.05) is 20.4 Å². The summed E-state index contributed by atoms with van der Waals surface area (Å²) in [5.74, 6) is 3.32. The molecule has 2 aromatic carbocycles. The van der Waals surface area contributed by atoms with Crippen molar-refractivity contribution in [1.82, 2.24) is 10.6 Å². The van der Waals surface area contributed by atoms with Crippen LogP contribution >= 0.6 is 24.0 Å². The maximum atomic E-state index is 5.94. The molecule has 2 aromatic rings. The molecule has 1 unspecified atom stereocenters. The SMILES string of the molecule is CN=C(NCc1ccc2c(c1)OCO2)NCC1Cc2ccccc2O1.I. The number of para-hydroxylation sites is 1. The van der Waals surface area contributed by atoms with E-state index in [9.17, 15) is 0 Å². The van der Waals surface area contributed by atoms with Crippen molar-refractivity contribution in [3.63, 3.8) is 0 Å². The van der Waals surface area contributed by atoms with E-state index in [0.717, 1.165) is 35.2 Å². The van der Waals surface area contributed by atoms with Gasteiger partial charge in [0.25, 0.3) is 0 Å². The summed E-state index contributed by atoms with van der Waals surface area (Å²) in [4.78, 5) is 4.27. The molecule has 6 nitrogen and oxygen atoms in total. The maximum absolute atomic E-state index is 5.94. The van der Waals surface area contributed by atoms with Crippen molar-refractivity contribution in [3.8, 4) is 17.2 Å². The minimum atomic E-state index is 0. The second-order valence-electron chi connectivity index (χ2n) is 6.05. The number of rotatable bonds is 4. The number of nitrogens with zero attached hydrogens (tertiary/aromatic N) is 1. The summed E-state index contributed by atoms with van der Waals surface area (Å²) in [5, 5.41) is 6.64. The van der Waals surface area contributed by atoms with Crippen LogP contribution in [0.4, 0.5) is 0 Å². The van der Waals surface area contributed by atoms with Crippen molar-refractivity contribution < 1.29 is 14.2 Å². The van der Waals surface area contributed by atoms with E-state index in [1.807, 2.05) is 36.4 Å². The number of hydrogen-bond acceptors (Lipinski definition) is 4. The summed E-state index contributed by atoms with van der Waals surface area (Å²) < 4.78 is 16.7. The van der Waals surface area contributed by atoms with E-state index in [2.05, 4.69) is 21.7 Å². The zero-order chi connectivity index (χ0) is 17.1. The lowest BCUT2D eigenvalue weighted by Gasteiger charge is -2.15. The molecule has 0 fully saturated rings. The summed E-state index contributed by atoms with van der Waals surface area (Å²) in [5.41, 5.74) is 2.37. The molecule has 1 atom stereocenters. The van der Waals surface area contributed by atoms with Crippen molar-refractivity contribution in [2.45, 2.75) is 19.1 Å². The van der Waals surface area contributed by atoms with Gasteiger partial charge in [0.15, 0.2) is 17.5 Å². The molecule has 2 heterocycles. The number of guanidine groups is 1. The van der Waals surface area contributed by atoms with E-state index in [-0.39, 0.29) is 30.1 Å². The third-order valence-electron chi connectivity index (χ3n) is 4.33. The Labute approximate surface area is 170 Å². The molecule has 0 spiro atoms. The molecule has 2 aliphatic heterocycles. The predicted molar refractivity (Wildman–Crippen MR) is 111 cm³/mol. The van der Waals surface area contributed by atoms with Gasteiger partial charge in [-0.05, 0) is 29.3 Å². The molecule has 0 amide bonds. The van der Waals surface area contributed by atoms with Gasteiger partial charge in [-0.25, -0.2) is 0 Å². The third kappa shape index (κ3) is 4.14. The smallest absolute Gasteiger partial charge is 0.231 e. The van der Waals surface area contributed by atoms with Gasteiger partial charge in [0.1, 0.15) is 11.9 Å². The second kappa shape index (κ2) is 8.48. The molecule has 0 saturated carbocycles. The fourth-order valence-electron chi connectivity index (χ4n) is 3.04. The van der Waals surface area contributed by atoms with E-state index in [4.69, 9.17) is 14.2 Å². The van der Waals surface area contributed by atoms with Gasteiger partial charge in [-0.3, -0.25) is 4.99 Å².